The maximum atomic E-state index is 11.2. The fourth-order valence-corrected chi connectivity index (χ4v) is 1.18. The van der Waals surface area contributed by atoms with Crippen molar-refractivity contribution in [2.24, 2.45) is 0 Å². The third-order valence-corrected chi connectivity index (χ3v) is 2.14. The van der Waals surface area contributed by atoms with E-state index in [2.05, 4.69) is 4.84 Å². The predicted molar refractivity (Wildman–Crippen MR) is 62.6 cm³/mol. The lowest BCUT2D eigenvalue weighted by atomic mass is 10.2. The number of carboxylic acids is 1. The van der Waals surface area contributed by atoms with E-state index in [9.17, 15) is 9.59 Å². The molecule has 0 fully saturated rings. The number of hydrogen-bond acceptors (Lipinski definition) is 4. The number of carboxylic acid groups (broad SMARTS) is 1. The molecule has 0 aliphatic rings. The van der Waals surface area contributed by atoms with Gasteiger partial charge in [-0.25, -0.2) is 9.59 Å². The quantitative estimate of drug-likeness (QED) is 0.754. The Morgan fingerprint density at radius 2 is 2.00 bits per heavy atom. The van der Waals surface area contributed by atoms with E-state index in [1.54, 1.807) is 19.1 Å². The van der Waals surface area contributed by atoms with Crippen LogP contribution in [0.2, 0.25) is 0 Å². The van der Waals surface area contributed by atoms with Crippen molar-refractivity contribution in [1.82, 2.24) is 5.48 Å². The van der Waals surface area contributed by atoms with Crippen LogP contribution in [0.25, 0.3) is 0 Å². The number of benzene rings is 1. The molecule has 98 valence electrons. The summed E-state index contributed by atoms with van der Waals surface area (Å²) in [5.74, 6) is -1.14. The lowest BCUT2D eigenvalue weighted by Gasteiger charge is -2.11. The second-order valence-corrected chi connectivity index (χ2v) is 3.52. The van der Waals surface area contributed by atoms with Gasteiger partial charge in [0.25, 0.3) is 0 Å². The number of carbonyl (C=O) groups excluding carboxylic acids is 1. The second kappa shape index (κ2) is 7.29. The maximum Gasteiger partial charge on any atom is 0.431 e. The molecule has 0 aromatic heterocycles. The second-order valence-electron chi connectivity index (χ2n) is 3.52. The van der Waals surface area contributed by atoms with Gasteiger partial charge in [0.05, 0.1) is 0 Å². The van der Waals surface area contributed by atoms with Gasteiger partial charge in [-0.15, -0.1) is 0 Å². The Labute approximate surface area is 104 Å². The lowest BCUT2D eigenvalue weighted by Crippen LogP contribution is -2.34. The minimum Gasteiger partial charge on any atom is -0.479 e. The minimum atomic E-state index is -1.14. The average Bonchev–Trinajstić information content (AvgIpc) is 2.38. The van der Waals surface area contributed by atoms with Gasteiger partial charge in [-0.2, -0.15) is 5.48 Å². The standard InChI is InChI=1S/C12H15NO5/c1-2-10(11(14)15)18-13-12(16)17-8-9-6-4-3-5-7-9/h3-7,10H,2,8H2,1H3,(H,13,16)(H,14,15)/t10-/m1/s1. The molecule has 1 aromatic carbocycles. The van der Waals surface area contributed by atoms with E-state index in [0.717, 1.165) is 5.56 Å². The monoisotopic (exact) mass is 253 g/mol. The molecular formula is C12H15NO5. The summed E-state index contributed by atoms with van der Waals surface area (Å²) >= 11 is 0. The van der Waals surface area contributed by atoms with Gasteiger partial charge in [-0.05, 0) is 12.0 Å². The van der Waals surface area contributed by atoms with Crippen molar-refractivity contribution in [3.8, 4) is 0 Å². The third-order valence-electron chi connectivity index (χ3n) is 2.14. The molecule has 6 heteroatoms. The molecule has 18 heavy (non-hydrogen) atoms. The van der Waals surface area contributed by atoms with E-state index in [1.807, 2.05) is 23.7 Å². The van der Waals surface area contributed by atoms with Gasteiger partial charge < -0.3 is 9.84 Å². The summed E-state index contributed by atoms with van der Waals surface area (Å²) in [6.45, 7) is 1.73. The van der Waals surface area contributed by atoms with Crippen LogP contribution in [0.15, 0.2) is 30.3 Å². The van der Waals surface area contributed by atoms with E-state index < -0.39 is 18.2 Å². The summed E-state index contributed by atoms with van der Waals surface area (Å²) in [6.07, 6.45) is -1.65. The summed E-state index contributed by atoms with van der Waals surface area (Å²) in [4.78, 5) is 26.5. The molecule has 1 atom stereocenters. The average molecular weight is 253 g/mol. The Hall–Kier alpha value is -2.08. The van der Waals surface area contributed by atoms with Crippen LogP contribution in [0, 0.1) is 0 Å². The van der Waals surface area contributed by atoms with Crippen LogP contribution >= 0.6 is 0 Å². The van der Waals surface area contributed by atoms with Crippen LogP contribution in [-0.4, -0.2) is 23.3 Å². The van der Waals surface area contributed by atoms with Crippen molar-refractivity contribution >= 4 is 12.1 Å². The van der Waals surface area contributed by atoms with Gasteiger partial charge in [0, 0.05) is 0 Å². The van der Waals surface area contributed by atoms with Crippen LogP contribution in [0.5, 0.6) is 0 Å². The summed E-state index contributed by atoms with van der Waals surface area (Å²) < 4.78 is 4.83. The third kappa shape index (κ3) is 4.84. The van der Waals surface area contributed by atoms with Gasteiger partial charge >= 0.3 is 12.1 Å². The van der Waals surface area contributed by atoms with Crippen LogP contribution in [0.1, 0.15) is 18.9 Å². The predicted octanol–water partition coefficient (Wildman–Crippen LogP) is 1.71. The molecule has 0 aliphatic heterocycles. The summed E-state index contributed by atoms with van der Waals surface area (Å²) in [5.41, 5.74) is 2.77. The van der Waals surface area contributed by atoms with Crippen LogP contribution in [0.4, 0.5) is 4.79 Å². The largest absolute Gasteiger partial charge is 0.479 e. The summed E-state index contributed by atoms with van der Waals surface area (Å²) in [5, 5.41) is 8.68. The van der Waals surface area contributed by atoms with Crippen LogP contribution in [0.3, 0.4) is 0 Å². The Morgan fingerprint density at radius 3 is 2.56 bits per heavy atom. The molecule has 0 aliphatic carbocycles. The summed E-state index contributed by atoms with van der Waals surface area (Å²) in [7, 11) is 0. The highest BCUT2D eigenvalue weighted by atomic mass is 16.7. The zero-order valence-electron chi connectivity index (χ0n) is 9.96. The van der Waals surface area contributed by atoms with Gasteiger partial charge in [0.15, 0.2) is 6.10 Å². The Balaban J connectivity index is 2.28. The van der Waals surface area contributed by atoms with Gasteiger partial charge in [-0.1, -0.05) is 37.3 Å². The Bertz CT molecular complexity index is 393. The Morgan fingerprint density at radius 1 is 1.33 bits per heavy atom. The van der Waals surface area contributed by atoms with Crippen LogP contribution < -0.4 is 5.48 Å². The van der Waals surface area contributed by atoms with Gasteiger partial charge in [0.1, 0.15) is 6.61 Å². The molecule has 1 aromatic rings. The van der Waals surface area contributed by atoms with E-state index in [4.69, 9.17) is 9.84 Å². The molecule has 0 spiro atoms. The van der Waals surface area contributed by atoms with E-state index in [1.165, 1.54) is 0 Å². The van der Waals surface area contributed by atoms with Crippen molar-refractivity contribution in [1.29, 1.82) is 0 Å². The number of nitrogens with one attached hydrogen (secondary N) is 1. The molecule has 6 nitrogen and oxygen atoms in total. The first kappa shape index (κ1) is 14.0. The minimum absolute atomic E-state index is 0.0971. The molecule has 0 saturated carbocycles. The zero-order chi connectivity index (χ0) is 13.4. The normalized spacial score (nSPS) is 11.6. The van der Waals surface area contributed by atoms with Crippen LogP contribution in [-0.2, 0) is 21.0 Å². The van der Waals surface area contributed by atoms with E-state index >= 15 is 0 Å². The smallest absolute Gasteiger partial charge is 0.431 e. The first-order valence-electron chi connectivity index (χ1n) is 5.48. The molecule has 0 saturated heterocycles. The molecular weight excluding hydrogens is 238 g/mol. The highest BCUT2D eigenvalue weighted by Gasteiger charge is 2.17. The maximum absolute atomic E-state index is 11.2. The lowest BCUT2D eigenvalue weighted by molar-refractivity contribution is -0.154. The van der Waals surface area contributed by atoms with Crippen molar-refractivity contribution < 1.29 is 24.3 Å². The number of aliphatic carboxylic acids is 1. The van der Waals surface area contributed by atoms with E-state index in [0.29, 0.717) is 0 Å². The van der Waals surface area contributed by atoms with E-state index in [-0.39, 0.29) is 13.0 Å². The molecule has 0 radical (unpaired) electrons. The summed E-state index contributed by atoms with van der Waals surface area (Å²) in [6, 6.07) is 9.11. The SMILES string of the molecule is CC[C@@H](ONC(=O)OCc1ccccc1)C(=O)O. The molecule has 0 bridgehead atoms. The fraction of sp³-hybridized carbons (Fsp3) is 0.333. The first-order valence-corrected chi connectivity index (χ1v) is 5.48. The van der Waals surface area contributed by atoms with Crippen molar-refractivity contribution in [2.45, 2.75) is 26.1 Å². The van der Waals surface area contributed by atoms with Gasteiger partial charge in [0.2, 0.25) is 0 Å². The molecule has 0 heterocycles. The zero-order valence-corrected chi connectivity index (χ0v) is 9.96. The number of ether oxygens (including phenoxy) is 1. The molecule has 2 N–H and O–H groups in total. The Kier molecular flexibility index (Phi) is 5.66. The van der Waals surface area contributed by atoms with Crippen molar-refractivity contribution in [3.63, 3.8) is 0 Å². The number of amides is 1. The highest BCUT2D eigenvalue weighted by Crippen LogP contribution is 2.01. The first-order chi connectivity index (χ1) is 8.63. The topological polar surface area (TPSA) is 84.9 Å². The van der Waals surface area contributed by atoms with Crippen molar-refractivity contribution in [3.05, 3.63) is 35.9 Å². The van der Waals surface area contributed by atoms with Gasteiger partial charge in [-0.3, -0.25) is 4.84 Å². The van der Waals surface area contributed by atoms with Crippen molar-refractivity contribution in [2.75, 3.05) is 0 Å². The molecule has 1 amide bonds. The number of rotatable bonds is 6. The fourth-order valence-electron chi connectivity index (χ4n) is 1.18. The molecule has 0 unspecified atom stereocenters. The number of hydrogen-bond donors (Lipinski definition) is 2. The number of hydroxylamine groups is 1. The highest BCUT2D eigenvalue weighted by molar-refractivity contribution is 5.72. The molecule has 1 rings (SSSR count). The number of carbonyl (C=O) groups is 2.